The smallest absolute Gasteiger partial charge is 0.295 e. The average Bonchev–Trinajstić information content (AvgIpc) is 3.17. The van der Waals surface area contributed by atoms with Crippen molar-refractivity contribution in [2.45, 2.75) is 6.42 Å². The predicted octanol–water partition coefficient (Wildman–Crippen LogP) is 3.58. The SMILES string of the molecule is COc1cc(NCCc2ccc(-n3cccn3)cc2)c([N+](=O)[O-])cc1F. The molecule has 26 heavy (non-hydrogen) atoms. The molecular weight excluding hydrogens is 339 g/mol. The maximum absolute atomic E-state index is 13.7. The van der Waals surface area contributed by atoms with Gasteiger partial charge in [-0.1, -0.05) is 12.1 Å². The highest BCUT2D eigenvalue weighted by molar-refractivity contribution is 5.64. The van der Waals surface area contributed by atoms with Crippen LogP contribution in [0.3, 0.4) is 0 Å². The molecular formula is C18H17FN4O3. The second-order valence-corrected chi connectivity index (χ2v) is 5.55. The third kappa shape index (κ3) is 3.80. The highest BCUT2D eigenvalue weighted by Crippen LogP contribution is 2.31. The molecule has 0 bridgehead atoms. The van der Waals surface area contributed by atoms with E-state index in [1.54, 1.807) is 10.9 Å². The van der Waals surface area contributed by atoms with Crippen LogP contribution in [0.15, 0.2) is 54.9 Å². The van der Waals surface area contributed by atoms with E-state index in [0.29, 0.717) is 13.0 Å². The van der Waals surface area contributed by atoms with Gasteiger partial charge in [0.25, 0.3) is 5.69 Å². The van der Waals surface area contributed by atoms with Crippen LogP contribution in [0.5, 0.6) is 5.75 Å². The van der Waals surface area contributed by atoms with E-state index in [1.165, 1.54) is 13.2 Å². The van der Waals surface area contributed by atoms with Crippen LogP contribution in [0.4, 0.5) is 15.8 Å². The zero-order valence-electron chi connectivity index (χ0n) is 14.1. The van der Waals surface area contributed by atoms with E-state index in [0.717, 1.165) is 17.3 Å². The molecule has 0 saturated heterocycles. The summed E-state index contributed by atoms with van der Waals surface area (Å²) < 4.78 is 20.3. The number of hydrogen-bond donors (Lipinski definition) is 1. The van der Waals surface area contributed by atoms with Crippen molar-refractivity contribution in [3.8, 4) is 11.4 Å². The molecule has 0 aliphatic rings. The Morgan fingerprint density at radius 1 is 1.31 bits per heavy atom. The van der Waals surface area contributed by atoms with Gasteiger partial charge in [-0.25, -0.2) is 9.07 Å². The van der Waals surface area contributed by atoms with Crippen LogP contribution in [0, 0.1) is 15.9 Å². The number of anilines is 1. The lowest BCUT2D eigenvalue weighted by atomic mass is 10.1. The first kappa shape index (κ1) is 17.4. The first-order chi connectivity index (χ1) is 12.6. The minimum atomic E-state index is -0.765. The van der Waals surface area contributed by atoms with Crippen molar-refractivity contribution in [2.24, 2.45) is 0 Å². The minimum absolute atomic E-state index is 0.0401. The number of methoxy groups -OCH3 is 1. The molecule has 0 unspecified atom stereocenters. The number of nitrogens with one attached hydrogen (secondary N) is 1. The summed E-state index contributed by atoms with van der Waals surface area (Å²) >= 11 is 0. The van der Waals surface area contributed by atoms with Crippen molar-refractivity contribution in [3.05, 3.63) is 76.4 Å². The van der Waals surface area contributed by atoms with E-state index in [9.17, 15) is 14.5 Å². The summed E-state index contributed by atoms with van der Waals surface area (Å²) in [5, 5.41) is 18.3. The molecule has 3 aromatic rings. The molecule has 0 atom stereocenters. The summed E-state index contributed by atoms with van der Waals surface area (Å²) in [6, 6.07) is 11.9. The van der Waals surface area contributed by atoms with Gasteiger partial charge in [-0.05, 0) is 30.2 Å². The number of aromatic nitrogens is 2. The van der Waals surface area contributed by atoms with Crippen LogP contribution < -0.4 is 10.1 Å². The molecule has 1 N–H and O–H groups in total. The summed E-state index contributed by atoms with van der Waals surface area (Å²) in [7, 11) is 1.31. The summed E-state index contributed by atoms with van der Waals surface area (Å²) in [5.41, 5.74) is 1.91. The lowest BCUT2D eigenvalue weighted by Crippen LogP contribution is -2.08. The molecule has 8 heteroatoms. The van der Waals surface area contributed by atoms with Crippen LogP contribution in [0.1, 0.15) is 5.56 Å². The van der Waals surface area contributed by atoms with Gasteiger partial charge in [-0.15, -0.1) is 0 Å². The quantitative estimate of drug-likeness (QED) is 0.517. The normalized spacial score (nSPS) is 10.5. The van der Waals surface area contributed by atoms with Crippen molar-refractivity contribution >= 4 is 11.4 Å². The van der Waals surface area contributed by atoms with E-state index in [4.69, 9.17) is 4.74 Å². The van der Waals surface area contributed by atoms with Gasteiger partial charge in [0.2, 0.25) is 0 Å². The fourth-order valence-electron chi connectivity index (χ4n) is 2.57. The van der Waals surface area contributed by atoms with Gasteiger partial charge in [-0.2, -0.15) is 5.10 Å². The third-order valence-electron chi connectivity index (χ3n) is 3.90. The molecule has 1 aromatic heterocycles. The zero-order chi connectivity index (χ0) is 18.5. The van der Waals surface area contributed by atoms with E-state index in [-0.39, 0.29) is 17.1 Å². The molecule has 0 aliphatic heterocycles. The largest absolute Gasteiger partial charge is 0.494 e. The van der Waals surface area contributed by atoms with Crippen LogP contribution in [-0.4, -0.2) is 28.4 Å². The fraction of sp³-hybridized carbons (Fsp3) is 0.167. The maximum atomic E-state index is 13.7. The number of halogens is 1. The van der Waals surface area contributed by atoms with Crippen molar-refractivity contribution in [3.63, 3.8) is 0 Å². The molecule has 0 radical (unpaired) electrons. The van der Waals surface area contributed by atoms with Crippen molar-refractivity contribution in [2.75, 3.05) is 19.0 Å². The number of nitrogens with zero attached hydrogens (tertiary/aromatic N) is 3. The average molecular weight is 356 g/mol. The standard InChI is InChI=1S/C18H17FN4O3/c1-26-18-12-16(17(23(24)25)11-15(18)19)20-9-7-13-3-5-14(6-4-13)22-10-2-8-21-22/h2-6,8,10-12,20H,7,9H2,1H3. The van der Waals surface area contributed by atoms with Gasteiger partial charge in [-0.3, -0.25) is 10.1 Å². The van der Waals surface area contributed by atoms with Gasteiger partial charge in [0, 0.05) is 25.0 Å². The highest BCUT2D eigenvalue weighted by atomic mass is 19.1. The second kappa shape index (κ2) is 7.64. The Morgan fingerprint density at radius 2 is 2.08 bits per heavy atom. The topological polar surface area (TPSA) is 82.2 Å². The van der Waals surface area contributed by atoms with Gasteiger partial charge < -0.3 is 10.1 Å². The zero-order valence-corrected chi connectivity index (χ0v) is 14.1. The molecule has 0 amide bonds. The van der Waals surface area contributed by atoms with Crippen LogP contribution >= 0.6 is 0 Å². The van der Waals surface area contributed by atoms with Crippen LogP contribution in [0.25, 0.3) is 5.69 Å². The number of benzene rings is 2. The Kier molecular flexibility index (Phi) is 5.12. The summed E-state index contributed by atoms with van der Waals surface area (Å²) in [6.07, 6.45) is 4.22. The van der Waals surface area contributed by atoms with Crippen LogP contribution in [0.2, 0.25) is 0 Å². The molecule has 0 fully saturated rings. The Bertz CT molecular complexity index is 896. The lowest BCUT2D eigenvalue weighted by Gasteiger charge is -2.10. The highest BCUT2D eigenvalue weighted by Gasteiger charge is 2.18. The Balaban J connectivity index is 1.67. The van der Waals surface area contributed by atoms with E-state index < -0.39 is 10.7 Å². The number of rotatable bonds is 7. The van der Waals surface area contributed by atoms with Gasteiger partial charge in [0.1, 0.15) is 5.69 Å². The summed E-state index contributed by atoms with van der Waals surface area (Å²) in [5.74, 6) is -0.805. The Labute approximate surface area is 149 Å². The Hall–Kier alpha value is -3.42. The van der Waals surface area contributed by atoms with E-state index >= 15 is 0 Å². The summed E-state index contributed by atoms with van der Waals surface area (Å²) in [6.45, 7) is 0.455. The molecule has 3 rings (SSSR count). The monoisotopic (exact) mass is 356 g/mol. The molecule has 0 aliphatic carbocycles. The van der Waals surface area contributed by atoms with E-state index in [1.807, 2.05) is 36.5 Å². The third-order valence-corrected chi connectivity index (χ3v) is 3.90. The van der Waals surface area contributed by atoms with Crippen molar-refractivity contribution < 1.29 is 14.1 Å². The van der Waals surface area contributed by atoms with Gasteiger partial charge >= 0.3 is 0 Å². The van der Waals surface area contributed by atoms with Crippen molar-refractivity contribution in [1.82, 2.24) is 9.78 Å². The van der Waals surface area contributed by atoms with Gasteiger partial charge in [0.05, 0.1) is 23.8 Å². The van der Waals surface area contributed by atoms with Gasteiger partial charge in [0.15, 0.2) is 11.6 Å². The molecule has 0 saturated carbocycles. The van der Waals surface area contributed by atoms with Crippen molar-refractivity contribution in [1.29, 1.82) is 0 Å². The van der Waals surface area contributed by atoms with Crippen LogP contribution in [-0.2, 0) is 6.42 Å². The Morgan fingerprint density at radius 3 is 2.69 bits per heavy atom. The minimum Gasteiger partial charge on any atom is -0.494 e. The number of nitro groups is 1. The first-order valence-electron chi connectivity index (χ1n) is 7.93. The second-order valence-electron chi connectivity index (χ2n) is 5.55. The lowest BCUT2D eigenvalue weighted by molar-refractivity contribution is -0.384. The fourth-order valence-corrected chi connectivity index (χ4v) is 2.57. The number of ether oxygens (including phenoxy) is 1. The van der Waals surface area contributed by atoms with E-state index in [2.05, 4.69) is 10.4 Å². The number of hydrogen-bond acceptors (Lipinski definition) is 5. The predicted molar refractivity (Wildman–Crippen MR) is 95.4 cm³/mol. The molecule has 134 valence electrons. The molecule has 0 spiro atoms. The maximum Gasteiger partial charge on any atom is 0.295 e. The molecule has 1 heterocycles. The molecule has 2 aromatic carbocycles. The number of nitro benzene ring substituents is 1. The first-order valence-corrected chi connectivity index (χ1v) is 7.93. The summed E-state index contributed by atoms with van der Waals surface area (Å²) in [4.78, 5) is 10.5. The molecule has 7 nitrogen and oxygen atoms in total.